The first kappa shape index (κ1) is 9.44. The fraction of sp³-hybridized carbons (Fsp3) is 0.167. The Balaban J connectivity index is 3.23. The summed E-state index contributed by atoms with van der Waals surface area (Å²) in [5.41, 5.74) is 0. The first-order valence-corrected chi connectivity index (χ1v) is 4.44. The van der Waals surface area contributed by atoms with Crippen molar-refractivity contribution in [3.63, 3.8) is 0 Å². The van der Waals surface area contributed by atoms with Gasteiger partial charge in [-0.15, -0.1) is 0 Å². The van der Waals surface area contributed by atoms with Crippen LogP contribution in [-0.4, -0.2) is 20.9 Å². The molecule has 1 atom stereocenters. The molecule has 0 fully saturated rings. The van der Waals surface area contributed by atoms with Gasteiger partial charge in [-0.1, -0.05) is 11.6 Å². The van der Waals surface area contributed by atoms with Gasteiger partial charge in [-0.05, 0) is 6.07 Å². The number of ether oxygens (including phenoxy) is 1. The zero-order valence-corrected chi connectivity index (χ0v) is 7.72. The van der Waals surface area contributed by atoms with Gasteiger partial charge >= 0.3 is 0 Å². The van der Waals surface area contributed by atoms with Gasteiger partial charge in [0.05, 0.1) is 12.0 Å². The van der Waals surface area contributed by atoms with Gasteiger partial charge in [-0.25, -0.2) is 9.19 Å². The molecule has 1 N–H and O–H groups in total. The molecule has 0 aliphatic rings. The third kappa shape index (κ3) is 1.74. The van der Waals surface area contributed by atoms with Crippen LogP contribution in [-0.2, 0) is 11.1 Å². The quantitative estimate of drug-likeness (QED) is 0.744. The van der Waals surface area contributed by atoms with Crippen molar-refractivity contribution in [3.8, 4) is 5.88 Å². The van der Waals surface area contributed by atoms with Crippen LogP contribution in [0.4, 0.5) is 0 Å². The lowest BCUT2D eigenvalue weighted by Crippen LogP contribution is -1.94. The average molecular weight is 208 g/mol. The topological polar surface area (TPSA) is 59.4 Å². The summed E-state index contributed by atoms with van der Waals surface area (Å²) in [6, 6.07) is 1.36. The van der Waals surface area contributed by atoms with Gasteiger partial charge in [0.2, 0.25) is 5.88 Å². The molecule has 12 heavy (non-hydrogen) atoms. The average Bonchev–Trinajstić information content (AvgIpc) is 2.04. The Bertz CT molecular complexity index is 318. The van der Waals surface area contributed by atoms with Crippen molar-refractivity contribution in [2.24, 2.45) is 0 Å². The lowest BCUT2D eigenvalue weighted by atomic mass is 10.5. The first-order chi connectivity index (χ1) is 5.66. The van der Waals surface area contributed by atoms with E-state index in [1.165, 1.54) is 19.4 Å². The normalized spacial score (nSPS) is 12.6. The number of pyridine rings is 1. The Hall–Kier alpha value is -0.650. The predicted molar refractivity (Wildman–Crippen MR) is 44.8 cm³/mol. The fourth-order valence-corrected chi connectivity index (χ4v) is 1.49. The van der Waals surface area contributed by atoms with Crippen molar-refractivity contribution < 1.29 is 13.5 Å². The largest absolute Gasteiger partial charge is 0.480 e. The third-order valence-electron chi connectivity index (χ3n) is 1.20. The number of nitrogens with zero attached hydrogens (tertiary/aromatic N) is 1. The van der Waals surface area contributed by atoms with Crippen LogP contribution in [0.5, 0.6) is 5.88 Å². The fourth-order valence-electron chi connectivity index (χ4n) is 0.685. The maximum Gasteiger partial charge on any atom is 0.233 e. The summed E-state index contributed by atoms with van der Waals surface area (Å²) in [7, 11) is 1.39. The summed E-state index contributed by atoms with van der Waals surface area (Å²) < 4.78 is 24.1. The highest BCUT2D eigenvalue weighted by Gasteiger charge is 2.11. The van der Waals surface area contributed by atoms with Crippen LogP contribution in [0.1, 0.15) is 0 Å². The second kappa shape index (κ2) is 3.84. The highest BCUT2D eigenvalue weighted by atomic mass is 35.5. The van der Waals surface area contributed by atoms with Gasteiger partial charge in [0.1, 0.15) is 5.02 Å². The van der Waals surface area contributed by atoms with Crippen LogP contribution in [0.2, 0.25) is 5.02 Å². The van der Waals surface area contributed by atoms with E-state index in [-0.39, 0.29) is 15.8 Å². The van der Waals surface area contributed by atoms with Gasteiger partial charge in [-0.2, -0.15) is 0 Å². The van der Waals surface area contributed by atoms with E-state index >= 15 is 0 Å². The molecule has 1 rings (SSSR count). The first-order valence-electron chi connectivity index (χ1n) is 2.96. The number of methoxy groups -OCH3 is 1. The molecule has 0 spiro atoms. The van der Waals surface area contributed by atoms with Gasteiger partial charge in [-0.3, -0.25) is 0 Å². The summed E-state index contributed by atoms with van der Waals surface area (Å²) in [6.07, 6.45) is 1.36. The summed E-state index contributed by atoms with van der Waals surface area (Å²) in [5, 5.41) is 0.0702. The van der Waals surface area contributed by atoms with E-state index in [4.69, 9.17) is 20.9 Å². The number of hydrogen-bond donors (Lipinski definition) is 1. The molecule has 0 saturated carbocycles. The summed E-state index contributed by atoms with van der Waals surface area (Å²) >= 11 is 3.56. The van der Waals surface area contributed by atoms with Crippen LogP contribution in [0.3, 0.4) is 0 Å². The molecule has 1 unspecified atom stereocenters. The van der Waals surface area contributed by atoms with Crippen molar-refractivity contribution in [2.45, 2.75) is 4.90 Å². The third-order valence-corrected chi connectivity index (χ3v) is 2.40. The Morgan fingerprint density at radius 1 is 1.75 bits per heavy atom. The van der Waals surface area contributed by atoms with E-state index in [0.717, 1.165) is 0 Å². The minimum atomic E-state index is -2.10. The Morgan fingerprint density at radius 3 is 2.92 bits per heavy atom. The van der Waals surface area contributed by atoms with Crippen molar-refractivity contribution >= 4 is 22.7 Å². The van der Waals surface area contributed by atoms with Crippen LogP contribution >= 0.6 is 11.6 Å². The Morgan fingerprint density at radius 2 is 2.42 bits per heavy atom. The van der Waals surface area contributed by atoms with Gasteiger partial charge < -0.3 is 9.29 Å². The Labute approximate surface area is 76.8 Å². The minimum absolute atomic E-state index is 0.0702. The molecule has 0 saturated heterocycles. The smallest absolute Gasteiger partial charge is 0.233 e. The van der Waals surface area contributed by atoms with E-state index in [1.54, 1.807) is 0 Å². The maximum absolute atomic E-state index is 10.6. The van der Waals surface area contributed by atoms with Crippen LogP contribution in [0.15, 0.2) is 17.2 Å². The molecular formula is C6H6ClNO3S. The highest BCUT2D eigenvalue weighted by molar-refractivity contribution is 7.79. The zero-order chi connectivity index (χ0) is 9.14. The second-order valence-corrected chi connectivity index (χ2v) is 3.20. The van der Waals surface area contributed by atoms with Crippen molar-refractivity contribution in [1.29, 1.82) is 0 Å². The van der Waals surface area contributed by atoms with E-state index in [0.29, 0.717) is 0 Å². The van der Waals surface area contributed by atoms with Gasteiger partial charge in [0.25, 0.3) is 0 Å². The van der Waals surface area contributed by atoms with E-state index in [2.05, 4.69) is 4.98 Å². The molecule has 0 radical (unpaired) electrons. The second-order valence-electron chi connectivity index (χ2n) is 1.88. The van der Waals surface area contributed by atoms with Crippen molar-refractivity contribution in [1.82, 2.24) is 4.98 Å². The summed E-state index contributed by atoms with van der Waals surface area (Å²) in [4.78, 5) is 3.84. The molecule has 0 aromatic carbocycles. The van der Waals surface area contributed by atoms with Crippen LogP contribution < -0.4 is 4.74 Å². The molecule has 0 amide bonds. The lowest BCUT2D eigenvalue weighted by molar-refractivity contribution is 0.396. The van der Waals surface area contributed by atoms with E-state index < -0.39 is 11.1 Å². The number of aromatic nitrogens is 1. The van der Waals surface area contributed by atoms with Gasteiger partial charge in [0, 0.05) is 6.20 Å². The molecule has 1 aromatic heterocycles. The van der Waals surface area contributed by atoms with Crippen LogP contribution in [0, 0.1) is 0 Å². The molecule has 0 aliphatic carbocycles. The predicted octanol–water partition coefficient (Wildman–Crippen LogP) is 1.32. The van der Waals surface area contributed by atoms with Gasteiger partial charge in [0.15, 0.2) is 11.1 Å². The molecule has 4 nitrogen and oxygen atoms in total. The zero-order valence-electron chi connectivity index (χ0n) is 6.15. The molecular weight excluding hydrogens is 202 g/mol. The number of hydrogen-bond acceptors (Lipinski definition) is 3. The lowest BCUT2D eigenvalue weighted by Gasteiger charge is -2.02. The van der Waals surface area contributed by atoms with Crippen molar-refractivity contribution in [2.75, 3.05) is 7.11 Å². The minimum Gasteiger partial charge on any atom is -0.480 e. The molecule has 0 bridgehead atoms. The van der Waals surface area contributed by atoms with Crippen LogP contribution in [0.25, 0.3) is 0 Å². The highest BCUT2D eigenvalue weighted by Crippen LogP contribution is 2.26. The summed E-state index contributed by atoms with van der Waals surface area (Å²) in [6.45, 7) is 0. The maximum atomic E-state index is 10.6. The van der Waals surface area contributed by atoms with E-state index in [9.17, 15) is 4.21 Å². The standard InChI is InChI=1S/C6H6ClNO3S/c1-11-6-5(7)4(12(9)10)2-3-8-6/h2-3H,1H3,(H,9,10). The summed E-state index contributed by atoms with van der Waals surface area (Å²) in [5.74, 6) is 0.150. The molecule has 1 heterocycles. The molecule has 0 aliphatic heterocycles. The molecule has 66 valence electrons. The molecule has 6 heteroatoms. The SMILES string of the molecule is COc1nccc(S(=O)O)c1Cl. The Kier molecular flexibility index (Phi) is 3.02. The molecule has 1 aromatic rings. The van der Waals surface area contributed by atoms with E-state index in [1.807, 2.05) is 0 Å². The number of halogens is 1. The van der Waals surface area contributed by atoms with Crippen molar-refractivity contribution in [3.05, 3.63) is 17.3 Å². The monoisotopic (exact) mass is 207 g/mol. The number of rotatable bonds is 2.